The van der Waals surface area contributed by atoms with E-state index in [1.165, 1.54) is 6.07 Å². The molecule has 0 radical (unpaired) electrons. The van der Waals surface area contributed by atoms with E-state index in [4.69, 9.17) is 23.2 Å². The van der Waals surface area contributed by atoms with Crippen molar-refractivity contribution in [2.24, 2.45) is 5.92 Å². The minimum atomic E-state index is -0.780. The van der Waals surface area contributed by atoms with Crippen LogP contribution in [0.5, 0.6) is 0 Å². The third-order valence-corrected chi connectivity index (χ3v) is 5.11. The Morgan fingerprint density at radius 3 is 2.57 bits per heavy atom. The number of benzene rings is 1. The standard InChI is InChI=1S/C16H21Cl2NO2/c1-2-11-5-7-16(21,8-6-11)10-19-15(20)12-3-4-13(17)14(18)9-12/h3-4,9,11,21H,2,5-8,10H2,1H3,(H,19,20). The van der Waals surface area contributed by atoms with Gasteiger partial charge in [0, 0.05) is 12.1 Å². The molecule has 1 saturated carbocycles. The fourth-order valence-electron chi connectivity index (χ4n) is 2.78. The molecular formula is C16H21Cl2NO2. The molecular weight excluding hydrogens is 309 g/mol. The van der Waals surface area contributed by atoms with Crippen molar-refractivity contribution < 1.29 is 9.90 Å². The lowest BCUT2D eigenvalue weighted by atomic mass is 9.78. The molecule has 0 aliphatic heterocycles. The minimum Gasteiger partial charge on any atom is -0.388 e. The third kappa shape index (κ3) is 4.35. The maximum Gasteiger partial charge on any atom is 0.251 e. The van der Waals surface area contributed by atoms with Crippen LogP contribution in [-0.4, -0.2) is 23.2 Å². The van der Waals surface area contributed by atoms with E-state index in [-0.39, 0.29) is 12.5 Å². The molecule has 21 heavy (non-hydrogen) atoms. The Kier molecular flexibility index (Phi) is 5.53. The van der Waals surface area contributed by atoms with Gasteiger partial charge in [-0.1, -0.05) is 36.5 Å². The van der Waals surface area contributed by atoms with E-state index >= 15 is 0 Å². The Hall–Kier alpha value is -0.770. The first-order chi connectivity index (χ1) is 9.93. The molecule has 0 atom stereocenters. The normalized spacial score (nSPS) is 25.6. The van der Waals surface area contributed by atoms with Gasteiger partial charge in [-0.15, -0.1) is 0 Å². The van der Waals surface area contributed by atoms with Gasteiger partial charge in [-0.25, -0.2) is 0 Å². The molecule has 1 aromatic rings. The average Bonchev–Trinajstić information content (AvgIpc) is 2.48. The number of aliphatic hydroxyl groups is 1. The number of rotatable bonds is 4. The monoisotopic (exact) mass is 329 g/mol. The third-order valence-electron chi connectivity index (χ3n) is 4.37. The highest BCUT2D eigenvalue weighted by atomic mass is 35.5. The van der Waals surface area contributed by atoms with E-state index in [2.05, 4.69) is 12.2 Å². The molecule has 5 heteroatoms. The average molecular weight is 330 g/mol. The molecule has 2 rings (SSSR count). The molecule has 0 spiro atoms. The Balaban J connectivity index is 1.90. The van der Waals surface area contributed by atoms with Crippen molar-refractivity contribution in [3.63, 3.8) is 0 Å². The van der Waals surface area contributed by atoms with E-state index in [1.807, 2.05) is 0 Å². The van der Waals surface area contributed by atoms with E-state index in [0.29, 0.717) is 21.5 Å². The number of nitrogens with one attached hydrogen (secondary N) is 1. The molecule has 1 aromatic carbocycles. The van der Waals surface area contributed by atoms with Gasteiger partial charge in [0.15, 0.2) is 0 Å². The van der Waals surface area contributed by atoms with Crippen LogP contribution >= 0.6 is 23.2 Å². The maximum atomic E-state index is 12.1. The van der Waals surface area contributed by atoms with E-state index in [0.717, 1.165) is 32.1 Å². The molecule has 0 heterocycles. The van der Waals surface area contributed by atoms with Gasteiger partial charge in [0.2, 0.25) is 0 Å². The lowest BCUT2D eigenvalue weighted by Gasteiger charge is -2.35. The first-order valence-corrected chi connectivity index (χ1v) is 8.15. The highest BCUT2D eigenvalue weighted by Crippen LogP contribution is 2.33. The van der Waals surface area contributed by atoms with Crippen LogP contribution in [0.3, 0.4) is 0 Å². The zero-order chi connectivity index (χ0) is 15.5. The highest BCUT2D eigenvalue weighted by molar-refractivity contribution is 6.42. The summed E-state index contributed by atoms with van der Waals surface area (Å²) in [5.74, 6) is 0.468. The van der Waals surface area contributed by atoms with Gasteiger partial charge in [0.1, 0.15) is 0 Å². The summed E-state index contributed by atoms with van der Waals surface area (Å²) in [6.45, 7) is 2.46. The molecule has 1 fully saturated rings. The molecule has 2 N–H and O–H groups in total. The van der Waals surface area contributed by atoms with Gasteiger partial charge in [-0.3, -0.25) is 4.79 Å². The zero-order valence-corrected chi connectivity index (χ0v) is 13.7. The number of carbonyl (C=O) groups excluding carboxylic acids is 1. The second-order valence-corrected chi connectivity index (χ2v) is 6.70. The highest BCUT2D eigenvalue weighted by Gasteiger charge is 2.32. The van der Waals surface area contributed by atoms with Crippen molar-refractivity contribution in [1.82, 2.24) is 5.32 Å². The summed E-state index contributed by atoms with van der Waals surface area (Å²) in [7, 11) is 0. The molecule has 1 amide bonds. The van der Waals surface area contributed by atoms with Crippen molar-refractivity contribution in [3.05, 3.63) is 33.8 Å². The predicted octanol–water partition coefficient (Wildman–Crippen LogP) is 4.05. The molecule has 0 aromatic heterocycles. The van der Waals surface area contributed by atoms with Crippen molar-refractivity contribution in [2.75, 3.05) is 6.54 Å². The summed E-state index contributed by atoms with van der Waals surface area (Å²) in [6.07, 6.45) is 4.69. The van der Waals surface area contributed by atoms with Gasteiger partial charge in [-0.05, 0) is 49.8 Å². The summed E-state index contributed by atoms with van der Waals surface area (Å²) in [4.78, 5) is 12.1. The number of carbonyl (C=O) groups is 1. The second kappa shape index (κ2) is 6.99. The Bertz CT molecular complexity index is 511. The van der Waals surface area contributed by atoms with E-state index in [9.17, 15) is 9.90 Å². The molecule has 0 unspecified atom stereocenters. The number of amides is 1. The van der Waals surface area contributed by atoms with Crippen LogP contribution in [0.2, 0.25) is 10.0 Å². The van der Waals surface area contributed by atoms with Crippen molar-refractivity contribution in [3.8, 4) is 0 Å². The number of hydrogen-bond acceptors (Lipinski definition) is 2. The van der Waals surface area contributed by atoms with Crippen LogP contribution in [0.1, 0.15) is 49.4 Å². The Labute approximate surface area is 135 Å². The SMILES string of the molecule is CCC1CCC(O)(CNC(=O)c2ccc(Cl)c(Cl)c2)CC1. The number of hydrogen-bond donors (Lipinski definition) is 2. The Morgan fingerprint density at radius 2 is 2.00 bits per heavy atom. The molecule has 1 aliphatic rings. The first-order valence-electron chi connectivity index (χ1n) is 7.39. The van der Waals surface area contributed by atoms with Crippen molar-refractivity contribution in [1.29, 1.82) is 0 Å². The minimum absolute atomic E-state index is 0.236. The van der Waals surface area contributed by atoms with E-state index < -0.39 is 5.60 Å². The van der Waals surface area contributed by atoms with Crippen LogP contribution in [0.4, 0.5) is 0 Å². The van der Waals surface area contributed by atoms with Crippen LogP contribution in [0, 0.1) is 5.92 Å². The summed E-state index contributed by atoms with van der Waals surface area (Å²) >= 11 is 11.7. The topological polar surface area (TPSA) is 49.3 Å². The molecule has 0 bridgehead atoms. The Morgan fingerprint density at radius 1 is 1.33 bits per heavy atom. The van der Waals surface area contributed by atoms with Gasteiger partial charge < -0.3 is 10.4 Å². The van der Waals surface area contributed by atoms with Crippen molar-refractivity contribution >= 4 is 29.1 Å². The summed E-state index contributed by atoms with van der Waals surface area (Å²) < 4.78 is 0. The molecule has 1 aliphatic carbocycles. The lowest BCUT2D eigenvalue weighted by Crippen LogP contribution is -2.45. The maximum absolute atomic E-state index is 12.1. The molecule has 3 nitrogen and oxygen atoms in total. The fourth-order valence-corrected chi connectivity index (χ4v) is 3.08. The quantitative estimate of drug-likeness (QED) is 0.875. The van der Waals surface area contributed by atoms with Gasteiger partial charge in [0.05, 0.1) is 15.6 Å². The molecule has 116 valence electrons. The van der Waals surface area contributed by atoms with Gasteiger partial charge in [-0.2, -0.15) is 0 Å². The largest absolute Gasteiger partial charge is 0.388 e. The van der Waals surface area contributed by atoms with Crippen molar-refractivity contribution in [2.45, 2.75) is 44.6 Å². The summed E-state index contributed by atoms with van der Waals surface area (Å²) in [6, 6.07) is 4.76. The van der Waals surface area contributed by atoms with Crippen LogP contribution < -0.4 is 5.32 Å². The predicted molar refractivity (Wildman–Crippen MR) is 86.0 cm³/mol. The first kappa shape index (κ1) is 16.6. The van der Waals surface area contributed by atoms with Gasteiger partial charge in [0.25, 0.3) is 5.91 Å². The molecule has 0 saturated heterocycles. The smallest absolute Gasteiger partial charge is 0.251 e. The summed E-state index contributed by atoms with van der Waals surface area (Å²) in [5.41, 5.74) is -0.326. The van der Waals surface area contributed by atoms with Crippen LogP contribution in [-0.2, 0) is 0 Å². The second-order valence-electron chi connectivity index (χ2n) is 5.89. The lowest BCUT2D eigenvalue weighted by molar-refractivity contribution is -0.00786. The van der Waals surface area contributed by atoms with Crippen LogP contribution in [0.15, 0.2) is 18.2 Å². The zero-order valence-electron chi connectivity index (χ0n) is 12.2. The summed E-state index contributed by atoms with van der Waals surface area (Å²) in [5, 5.41) is 14.1. The van der Waals surface area contributed by atoms with Crippen LogP contribution in [0.25, 0.3) is 0 Å². The van der Waals surface area contributed by atoms with Gasteiger partial charge >= 0.3 is 0 Å². The van der Waals surface area contributed by atoms with E-state index in [1.54, 1.807) is 12.1 Å². The number of halogens is 2. The fraction of sp³-hybridized carbons (Fsp3) is 0.562.